The Bertz CT molecular complexity index is 909. The van der Waals surface area contributed by atoms with Crippen LogP contribution in [0.2, 0.25) is 0 Å². The molecule has 0 bridgehead atoms. The molecule has 0 aliphatic heterocycles. The van der Waals surface area contributed by atoms with Crippen LogP contribution in [0.25, 0.3) is 10.9 Å². The molecule has 25 heavy (non-hydrogen) atoms. The first-order chi connectivity index (χ1) is 12.2. The fourth-order valence-corrected chi connectivity index (χ4v) is 2.34. The van der Waals surface area contributed by atoms with Crippen LogP contribution in [0.15, 0.2) is 59.4 Å². The molecular formula is C18H18N4O3. The lowest BCUT2D eigenvalue weighted by molar-refractivity contribution is -0.121. The van der Waals surface area contributed by atoms with Gasteiger partial charge in [0.2, 0.25) is 5.91 Å². The van der Waals surface area contributed by atoms with E-state index in [0.29, 0.717) is 24.1 Å². The molecule has 0 spiro atoms. The average Bonchev–Trinajstić information content (AvgIpc) is 2.66. The first-order valence-electron chi connectivity index (χ1n) is 8.01. The third-order valence-electron chi connectivity index (χ3n) is 3.62. The topological polar surface area (TPSA) is 86.1 Å². The molecule has 1 aromatic heterocycles. The Morgan fingerprint density at radius 2 is 1.84 bits per heavy atom. The molecule has 0 radical (unpaired) electrons. The molecule has 1 heterocycles. The number of benzene rings is 2. The zero-order chi connectivity index (χ0) is 17.5. The van der Waals surface area contributed by atoms with Crippen LogP contribution < -0.4 is 15.6 Å². The van der Waals surface area contributed by atoms with Gasteiger partial charge in [-0.25, -0.2) is 4.68 Å². The van der Waals surface area contributed by atoms with E-state index in [-0.39, 0.29) is 24.4 Å². The molecule has 0 saturated carbocycles. The summed E-state index contributed by atoms with van der Waals surface area (Å²) in [6.45, 7) is 0.958. The summed E-state index contributed by atoms with van der Waals surface area (Å²) >= 11 is 0. The van der Waals surface area contributed by atoms with Crippen LogP contribution in [-0.4, -0.2) is 34.1 Å². The average molecular weight is 338 g/mol. The number of nitrogens with one attached hydrogen (secondary N) is 1. The minimum absolute atomic E-state index is 0.151. The van der Waals surface area contributed by atoms with Crippen molar-refractivity contribution in [2.75, 3.05) is 13.2 Å². The molecular weight excluding hydrogens is 320 g/mol. The van der Waals surface area contributed by atoms with Gasteiger partial charge in [0.25, 0.3) is 5.56 Å². The van der Waals surface area contributed by atoms with Crippen molar-refractivity contribution in [1.29, 1.82) is 0 Å². The molecule has 0 fully saturated rings. The minimum Gasteiger partial charge on any atom is -0.492 e. The molecule has 3 aromatic rings. The van der Waals surface area contributed by atoms with Crippen molar-refractivity contribution in [3.05, 3.63) is 65.0 Å². The summed E-state index contributed by atoms with van der Waals surface area (Å²) in [7, 11) is 0. The van der Waals surface area contributed by atoms with Crippen molar-refractivity contribution in [3.63, 3.8) is 0 Å². The maximum Gasteiger partial charge on any atom is 0.277 e. The van der Waals surface area contributed by atoms with Gasteiger partial charge in [-0.2, -0.15) is 0 Å². The van der Waals surface area contributed by atoms with E-state index in [2.05, 4.69) is 15.6 Å². The van der Waals surface area contributed by atoms with Gasteiger partial charge >= 0.3 is 0 Å². The van der Waals surface area contributed by atoms with E-state index in [1.807, 2.05) is 30.3 Å². The first kappa shape index (κ1) is 16.6. The van der Waals surface area contributed by atoms with Gasteiger partial charge < -0.3 is 10.1 Å². The summed E-state index contributed by atoms with van der Waals surface area (Å²) in [5.41, 5.74) is 0.303. The number of aryl methyl sites for hydroxylation is 1. The van der Waals surface area contributed by atoms with Gasteiger partial charge in [-0.15, -0.1) is 5.10 Å². The molecule has 7 heteroatoms. The number of hydrogen-bond donors (Lipinski definition) is 1. The SMILES string of the molecule is O=C(CCn1nnc2ccccc2c1=O)NCCOc1ccccc1. The number of fused-ring (bicyclic) bond motifs is 1. The van der Waals surface area contributed by atoms with E-state index in [4.69, 9.17) is 4.74 Å². The van der Waals surface area contributed by atoms with Gasteiger partial charge in [0, 0.05) is 6.42 Å². The summed E-state index contributed by atoms with van der Waals surface area (Å²) < 4.78 is 6.70. The molecule has 7 nitrogen and oxygen atoms in total. The van der Waals surface area contributed by atoms with Crippen LogP contribution in [0.4, 0.5) is 0 Å². The van der Waals surface area contributed by atoms with Gasteiger partial charge in [-0.3, -0.25) is 9.59 Å². The van der Waals surface area contributed by atoms with Crippen LogP contribution in [-0.2, 0) is 11.3 Å². The van der Waals surface area contributed by atoms with Crippen molar-refractivity contribution in [2.45, 2.75) is 13.0 Å². The Balaban J connectivity index is 1.46. The molecule has 128 valence electrons. The van der Waals surface area contributed by atoms with E-state index < -0.39 is 0 Å². The fraction of sp³-hybridized carbons (Fsp3) is 0.222. The normalized spacial score (nSPS) is 10.6. The maximum absolute atomic E-state index is 12.3. The van der Waals surface area contributed by atoms with E-state index in [9.17, 15) is 9.59 Å². The van der Waals surface area contributed by atoms with Crippen LogP contribution in [0.1, 0.15) is 6.42 Å². The minimum atomic E-state index is -0.245. The number of hydrogen-bond acceptors (Lipinski definition) is 5. The number of amides is 1. The van der Waals surface area contributed by atoms with Crippen molar-refractivity contribution in [1.82, 2.24) is 20.3 Å². The fourth-order valence-electron chi connectivity index (χ4n) is 2.34. The van der Waals surface area contributed by atoms with Crippen LogP contribution in [0, 0.1) is 0 Å². The van der Waals surface area contributed by atoms with Crippen molar-refractivity contribution in [3.8, 4) is 5.75 Å². The van der Waals surface area contributed by atoms with Crippen LogP contribution >= 0.6 is 0 Å². The quantitative estimate of drug-likeness (QED) is 0.658. The monoisotopic (exact) mass is 338 g/mol. The Kier molecular flexibility index (Phi) is 5.36. The largest absolute Gasteiger partial charge is 0.492 e. The first-order valence-corrected chi connectivity index (χ1v) is 8.01. The van der Waals surface area contributed by atoms with Gasteiger partial charge in [-0.05, 0) is 24.3 Å². The molecule has 1 N–H and O–H groups in total. The van der Waals surface area contributed by atoms with Gasteiger partial charge in [0.05, 0.1) is 18.5 Å². The molecule has 1 amide bonds. The number of carbonyl (C=O) groups is 1. The predicted octanol–water partition coefficient (Wildman–Crippen LogP) is 1.38. The molecule has 0 aliphatic rings. The molecule has 0 atom stereocenters. The molecule has 3 rings (SSSR count). The zero-order valence-corrected chi connectivity index (χ0v) is 13.6. The second-order valence-corrected chi connectivity index (χ2v) is 5.40. The van der Waals surface area contributed by atoms with Gasteiger partial charge in [-0.1, -0.05) is 35.5 Å². The number of carbonyl (C=O) groups excluding carboxylic acids is 1. The molecule has 0 aliphatic carbocycles. The van der Waals surface area contributed by atoms with Crippen molar-refractivity contribution < 1.29 is 9.53 Å². The second kappa shape index (κ2) is 8.05. The molecule has 0 saturated heterocycles. The van der Waals surface area contributed by atoms with E-state index >= 15 is 0 Å². The van der Waals surface area contributed by atoms with E-state index in [0.717, 1.165) is 5.75 Å². The Labute approximate surface area is 144 Å². The third kappa shape index (κ3) is 4.41. The highest BCUT2D eigenvalue weighted by Gasteiger charge is 2.07. The summed E-state index contributed by atoms with van der Waals surface area (Å²) in [4.78, 5) is 24.1. The summed E-state index contributed by atoms with van der Waals surface area (Å²) in [6.07, 6.45) is 0.151. The summed E-state index contributed by atoms with van der Waals surface area (Å²) in [5, 5.41) is 11.1. The standard InChI is InChI=1S/C18H18N4O3/c23-17(19-11-13-25-14-6-2-1-3-7-14)10-12-22-18(24)15-8-4-5-9-16(15)20-21-22/h1-9H,10-13H2,(H,19,23). The number of nitrogens with zero attached hydrogens (tertiary/aromatic N) is 3. The lowest BCUT2D eigenvalue weighted by atomic mass is 10.2. The number of rotatable bonds is 7. The predicted molar refractivity (Wildman–Crippen MR) is 93.4 cm³/mol. The Morgan fingerprint density at radius 3 is 2.68 bits per heavy atom. The Morgan fingerprint density at radius 1 is 1.08 bits per heavy atom. The lowest BCUT2D eigenvalue weighted by Gasteiger charge is -2.08. The van der Waals surface area contributed by atoms with E-state index in [1.54, 1.807) is 24.3 Å². The highest BCUT2D eigenvalue weighted by atomic mass is 16.5. The summed E-state index contributed by atoms with van der Waals surface area (Å²) in [5.74, 6) is 0.591. The highest BCUT2D eigenvalue weighted by molar-refractivity contribution is 5.77. The number of aromatic nitrogens is 3. The van der Waals surface area contributed by atoms with Crippen molar-refractivity contribution >= 4 is 16.8 Å². The number of para-hydroxylation sites is 1. The molecule has 2 aromatic carbocycles. The van der Waals surface area contributed by atoms with E-state index in [1.165, 1.54) is 4.68 Å². The van der Waals surface area contributed by atoms with Gasteiger partial charge in [0.1, 0.15) is 17.9 Å². The number of ether oxygens (including phenoxy) is 1. The highest BCUT2D eigenvalue weighted by Crippen LogP contribution is 2.07. The lowest BCUT2D eigenvalue weighted by Crippen LogP contribution is -2.31. The second-order valence-electron chi connectivity index (χ2n) is 5.40. The third-order valence-corrected chi connectivity index (χ3v) is 3.62. The zero-order valence-electron chi connectivity index (χ0n) is 13.6. The van der Waals surface area contributed by atoms with Gasteiger partial charge in [0.15, 0.2) is 0 Å². The smallest absolute Gasteiger partial charge is 0.277 e. The summed E-state index contributed by atoms with van der Waals surface area (Å²) in [6, 6.07) is 16.4. The van der Waals surface area contributed by atoms with Crippen LogP contribution in [0.3, 0.4) is 0 Å². The Hall–Kier alpha value is -3.22. The van der Waals surface area contributed by atoms with Crippen LogP contribution in [0.5, 0.6) is 5.75 Å². The molecule has 0 unspecified atom stereocenters. The van der Waals surface area contributed by atoms with Crippen molar-refractivity contribution in [2.24, 2.45) is 0 Å². The maximum atomic E-state index is 12.3.